The number of alkyl halides is 6. The van der Waals surface area contributed by atoms with Gasteiger partial charge in [0.1, 0.15) is 13.6 Å². The minimum atomic E-state index is -4.38. The van der Waals surface area contributed by atoms with E-state index in [4.69, 9.17) is 14.2 Å². The monoisotopic (exact) mass is 394 g/mol. The minimum Gasteiger partial charge on any atom is -0.351 e. The van der Waals surface area contributed by atoms with Crippen LogP contribution < -0.4 is 0 Å². The van der Waals surface area contributed by atoms with Gasteiger partial charge in [-0.3, -0.25) is 0 Å². The summed E-state index contributed by atoms with van der Waals surface area (Å²) >= 11 is 0. The number of rotatable bonds is 8. The Kier molecular flexibility index (Phi) is 7.23. The molecule has 0 unspecified atom stereocenters. The molecule has 2 aromatic carbocycles. The molecule has 27 heavy (non-hydrogen) atoms. The van der Waals surface area contributed by atoms with Crippen molar-refractivity contribution >= 4 is 0 Å². The second-order valence-corrected chi connectivity index (χ2v) is 5.53. The lowest BCUT2D eigenvalue weighted by atomic mass is 10.1. The molecule has 0 N–H and O–H groups in total. The molecule has 0 heterocycles. The molecule has 0 bridgehead atoms. The van der Waals surface area contributed by atoms with Crippen molar-refractivity contribution in [1.29, 1.82) is 0 Å². The molecule has 0 aromatic heterocycles. The van der Waals surface area contributed by atoms with Crippen LogP contribution in [0.2, 0.25) is 0 Å². The molecule has 148 valence electrons. The zero-order valence-electron chi connectivity index (χ0n) is 13.9. The highest BCUT2D eigenvalue weighted by Gasteiger charge is 2.30. The fourth-order valence-electron chi connectivity index (χ4n) is 2.05. The third-order valence-corrected chi connectivity index (χ3v) is 3.43. The summed E-state index contributed by atoms with van der Waals surface area (Å²) in [5.41, 5.74) is -0.368. The Morgan fingerprint density at radius 2 is 0.852 bits per heavy atom. The molecule has 0 fully saturated rings. The smallest absolute Gasteiger partial charge is 0.351 e. The van der Waals surface area contributed by atoms with Crippen LogP contribution >= 0.6 is 0 Å². The van der Waals surface area contributed by atoms with Gasteiger partial charge in [0.2, 0.25) is 0 Å². The van der Waals surface area contributed by atoms with Crippen LogP contribution in [-0.4, -0.2) is 13.6 Å². The molecular weight excluding hydrogens is 378 g/mol. The highest BCUT2D eigenvalue weighted by molar-refractivity contribution is 5.24. The quantitative estimate of drug-likeness (QED) is 0.341. The fourth-order valence-corrected chi connectivity index (χ4v) is 2.05. The first-order valence-corrected chi connectivity index (χ1v) is 7.72. The van der Waals surface area contributed by atoms with Crippen molar-refractivity contribution in [3.05, 3.63) is 70.8 Å². The number of hydrogen-bond acceptors (Lipinski definition) is 3. The topological polar surface area (TPSA) is 27.7 Å². The van der Waals surface area contributed by atoms with Gasteiger partial charge in [0.25, 0.3) is 0 Å². The van der Waals surface area contributed by atoms with Crippen LogP contribution in [0.3, 0.4) is 0 Å². The van der Waals surface area contributed by atoms with Gasteiger partial charge in [0.05, 0.1) is 24.3 Å². The molecule has 9 heteroatoms. The average molecular weight is 394 g/mol. The van der Waals surface area contributed by atoms with E-state index in [0.29, 0.717) is 11.1 Å². The molecule has 0 aliphatic heterocycles. The minimum absolute atomic E-state index is 0.0665. The summed E-state index contributed by atoms with van der Waals surface area (Å²) in [7, 11) is 0. The third kappa shape index (κ3) is 7.20. The van der Waals surface area contributed by atoms with Gasteiger partial charge >= 0.3 is 12.4 Å². The SMILES string of the molecule is FC(F)(F)c1ccc(COCOCOCc2ccc(C(F)(F)F)cc2)cc1. The highest BCUT2D eigenvalue weighted by atomic mass is 19.4. The molecule has 0 radical (unpaired) electrons. The molecule has 3 nitrogen and oxygen atoms in total. The van der Waals surface area contributed by atoms with E-state index >= 15 is 0 Å². The normalized spacial score (nSPS) is 12.4. The van der Waals surface area contributed by atoms with Gasteiger partial charge in [-0.1, -0.05) is 24.3 Å². The van der Waals surface area contributed by atoms with Gasteiger partial charge in [-0.2, -0.15) is 26.3 Å². The fraction of sp³-hybridized carbons (Fsp3) is 0.333. The van der Waals surface area contributed by atoms with E-state index in [1.165, 1.54) is 24.3 Å². The molecule has 0 amide bonds. The van der Waals surface area contributed by atoms with E-state index in [1.807, 2.05) is 0 Å². The first-order chi connectivity index (χ1) is 12.7. The largest absolute Gasteiger partial charge is 0.416 e. The zero-order chi connectivity index (χ0) is 19.9. The maximum atomic E-state index is 12.4. The van der Waals surface area contributed by atoms with Crippen molar-refractivity contribution in [3.63, 3.8) is 0 Å². The van der Waals surface area contributed by atoms with Crippen molar-refractivity contribution in [3.8, 4) is 0 Å². The van der Waals surface area contributed by atoms with Crippen LogP contribution in [0.1, 0.15) is 22.3 Å². The van der Waals surface area contributed by atoms with Crippen molar-refractivity contribution in [2.24, 2.45) is 0 Å². The molecule has 2 aromatic rings. The number of halogens is 6. The van der Waals surface area contributed by atoms with Gasteiger partial charge < -0.3 is 14.2 Å². The lowest BCUT2D eigenvalue weighted by molar-refractivity contribution is -0.140. The zero-order valence-corrected chi connectivity index (χ0v) is 13.9. The summed E-state index contributed by atoms with van der Waals surface area (Å²) < 4.78 is 89.9. The maximum absolute atomic E-state index is 12.4. The van der Waals surface area contributed by atoms with Crippen LogP contribution in [0, 0.1) is 0 Å². The van der Waals surface area contributed by atoms with E-state index < -0.39 is 23.5 Å². The third-order valence-electron chi connectivity index (χ3n) is 3.43. The standard InChI is InChI=1S/C18H16F6O3/c19-17(20,21)15-5-1-13(2-6-15)9-25-11-27-12-26-10-14-3-7-16(8-4-14)18(22,23)24/h1-8H,9-12H2. The summed E-state index contributed by atoms with van der Waals surface area (Å²) in [4.78, 5) is 0. The lowest BCUT2D eigenvalue weighted by Crippen LogP contribution is -2.07. The first-order valence-electron chi connectivity index (χ1n) is 7.72. The van der Waals surface area contributed by atoms with Crippen LogP contribution in [0.25, 0.3) is 0 Å². The second kappa shape index (κ2) is 9.20. The Bertz CT molecular complexity index is 632. The van der Waals surface area contributed by atoms with Gasteiger partial charge in [-0.25, -0.2) is 0 Å². The number of benzene rings is 2. The van der Waals surface area contributed by atoms with E-state index in [-0.39, 0.29) is 26.8 Å². The Morgan fingerprint density at radius 1 is 0.519 bits per heavy atom. The number of hydrogen-bond donors (Lipinski definition) is 0. The lowest BCUT2D eigenvalue weighted by Gasteiger charge is -2.10. The first kappa shape index (κ1) is 21.2. The molecular formula is C18H16F6O3. The van der Waals surface area contributed by atoms with Crippen molar-refractivity contribution in [2.45, 2.75) is 25.6 Å². The summed E-state index contributed by atoms with van der Waals surface area (Å²) in [6.07, 6.45) is -8.76. The van der Waals surface area contributed by atoms with Crippen molar-refractivity contribution < 1.29 is 40.6 Å². The Morgan fingerprint density at radius 3 is 1.15 bits per heavy atom. The van der Waals surface area contributed by atoms with Crippen molar-refractivity contribution in [1.82, 2.24) is 0 Å². The Hall–Kier alpha value is -2.10. The molecule has 0 saturated heterocycles. The van der Waals surface area contributed by atoms with E-state index in [2.05, 4.69) is 0 Å². The van der Waals surface area contributed by atoms with Crippen LogP contribution in [0.15, 0.2) is 48.5 Å². The summed E-state index contributed by atoms with van der Waals surface area (Å²) in [5.74, 6) is 0. The summed E-state index contributed by atoms with van der Waals surface area (Å²) in [6, 6.07) is 9.10. The summed E-state index contributed by atoms with van der Waals surface area (Å²) in [5, 5.41) is 0. The van der Waals surface area contributed by atoms with Gasteiger partial charge in [0.15, 0.2) is 0 Å². The average Bonchev–Trinajstić information content (AvgIpc) is 2.60. The predicted octanol–water partition coefficient (Wildman–Crippen LogP) is 5.39. The predicted molar refractivity (Wildman–Crippen MR) is 83.3 cm³/mol. The molecule has 0 atom stereocenters. The second-order valence-electron chi connectivity index (χ2n) is 5.53. The molecule has 0 aliphatic rings. The molecule has 0 saturated carbocycles. The molecule has 2 rings (SSSR count). The molecule has 0 aliphatic carbocycles. The van der Waals surface area contributed by atoms with Crippen LogP contribution in [0.5, 0.6) is 0 Å². The van der Waals surface area contributed by atoms with Crippen LogP contribution in [-0.2, 0) is 39.8 Å². The number of ether oxygens (including phenoxy) is 3. The van der Waals surface area contributed by atoms with E-state index in [9.17, 15) is 26.3 Å². The van der Waals surface area contributed by atoms with Crippen LogP contribution in [0.4, 0.5) is 26.3 Å². The molecule has 0 spiro atoms. The maximum Gasteiger partial charge on any atom is 0.416 e. The van der Waals surface area contributed by atoms with Gasteiger partial charge in [0, 0.05) is 0 Å². The van der Waals surface area contributed by atoms with E-state index in [0.717, 1.165) is 24.3 Å². The Labute approximate surface area is 151 Å². The van der Waals surface area contributed by atoms with E-state index in [1.54, 1.807) is 0 Å². The summed E-state index contributed by atoms with van der Waals surface area (Å²) in [6.45, 7) is -0.157. The van der Waals surface area contributed by atoms with Gasteiger partial charge in [-0.15, -0.1) is 0 Å². The van der Waals surface area contributed by atoms with Gasteiger partial charge in [-0.05, 0) is 35.4 Å². The highest BCUT2D eigenvalue weighted by Crippen LogP contribution is 2.30. The van der Waals surface area contributed by atoms with Crippen molar-refractivity contribution in [2.75, 3.05) is 13.6 Å². The Balaban J connectivity index is 1.60.